The Labute approximate surface area is 152 Å². The normalized spacial score (nSPS) is 18.6. The minimum Gasteiger partial charge on any atom is -0.450 e. The van der Waals surface area contributed by atoms with Crippen LogP contribution < -0.4 is 0 Å². The fraction of sp³-hybridized carbons (Fsp3) is 0.706. The quantitative estimate of drug-likeness (QED) is 0.792. The lowest BCUT2D eigenvalue weighted by atomic mass is 10.2. The summed E-state index contributed by atoms with van der Waals surface area (Å²) in [5.41, 5.74) is 0.858. The highest BCUT2D eigenvalue weighted by Crippen LogP contribution is 2.17. The Balaban J connectivity index is 1.45. The van der Waals surface area contributed by atoms with Gasteiger partial charge in [0.1, 0.15) is 5.01 Å². The summed E-state index contributed by atoms with van der Waals surface area (Å²) >= 11 is 1.64. The second-order valence-corrected chi connectivity index (χ2v) is 7.40. The van der Waals surface area contributed by atoms with Crippen molar-refractivity contribution < 1.29 is 14.3 Å². The highest BCUT2D eigenvalue weighted by Gasteiger charge is 2.25. The van der Waals surface area contributed by atoms with Gasteiger partial charge in [-0.15, -0.1) is 11.3 Å². The standard InChI is InChI=1S/C17H26N4O3S/c1-2-24-17(23)21-9-7-20(8-10-21)16(22)11-14-13-25-15(18-14)12-19-5-3-4-6-19/h13H,2-12H2,1H3. The van der Waals surface area contributed by atoms with Gasteiger partial charge in [0.15, 0.2) is 0 Å². The molecule has 0 radical (unpaired) electrons. The molecule has 0 atom stereocenters. The Morgan fingerprint density at radius 3 is 2.48 bits per heavy atom. The molecule has 138 valence electrons. The Morgan fingerprint density at radius 1 is 1.12 bits per heavy atom. The smallest absolute Gasteiger partial charge is 0.409 e. The Kier molecular flexibility index (Phi) is 6.25. The molecule has 0 bridgehead atoms. The molecule has 0 N–H and O–H groups in total. The second kappa shape index (κ2) is 8.62. The van der Waals surface area contributed by atoms with Gasteiger partial charge in [-0.25, -0.2) is 9.78 Å². The van der Waals surface area contributed by atoms with Crippen LogP contribution in [-0.4, -0.2) is 77.6 Å². The van der Waals surface area contributed by atoms with Crippen molar-refractivity contribution >= 4 is 23.3 Å². The van der Waals surface area contributed by atoms with E-state index in [-0.39, 0.29) is 12.0 Å². The molecule has 1 aromatic rings. The van der Waals surface area contributed by atoms with Gasteiger partial charge >= 0.3 is 6.09 Å². The van der Waals surface area contributed by atoms with Gasteiger partial charge in [0.2, 0.25) is 5.91 Å². The molecule has 0 aromatic carbocycles. The average molecular weight is 366 g/mol. The maximum atomic E-state index is 12.5. The summed E-state index contributed by atoms with van der Waals surface area (Å²) in [4.78, 5) is 34.7. The molecule has 0 unspecified atom stereocenters. The van der Waals surface area contributed by atoms with Gasteiger partial charge in [-0.2, -0.15) is 0 Å². The SMILES string of the molecule is CCOC(=O)N1CCN(C(=O)Cc2csc(CN3CCCC3)n2)CC1. The topological polar surface area (TPSA) is 66.0 Å². The monoisotopic (exact) mass is 366 g/mol. The number of thiazole rings is 1. The first-order valence-corrected chi connectivity index (χ1v) is 9.88. The number of nitrogens with zero attached hydrogens (tertiary/aromatic N) is 4. The highest BCUT2D eigenvalue weighted by molar-refractivity contribution is 7.09. The summed E-state index contributed by atoms with van der Waals surface area (Å²) < 4.78 is 5.00. The molecule has 2 saturated heterocycles. The predicted octanol–water partition coefficient (Wildman–Crippen LogP) is 1.58. The summed E-state index contributed by atoms with van der Waals surface area (Å²) in [5, 5.41) is 3.09. The first-order chi connectivity index (χ1) is 12.2. The molecule has 2 aliphatic heterocycles. The molecule has 7 nitrogen and oxygen atoms in total. The van der Waals surface area contributed by atoms with E-state index >= 15 is 0 Å². The lowest BCUT2D eigenvalue weighted by Crippen LogP contribution is -2.51. The van der Waals surface area contributed by atoms with E-state index in [1.807, 2.05) is 10.3 Å². The van der Waals surface area contributed by atoms with E-state index in [1.54, 1.807) is 23.2 Å². The number of piperazine rings is 1. The van der Waals surface area contributed by atoms with Crippen LogP contribution in [0.2, 0.25) is 0 Å². The number of amides is 2. The number of aromatic nitrogens is 1. The van der Waals surface area contributed by atoms with Gasteiger partial charge in [0, 0.05) is 31.6 Å². The molecule has 2 aliphatic rings. The van der Waals surface area contributed by atoms with Crippen molar-refractivity contribution in [2.24, 2.45) is 0 Å². The zero-order valence-corrected chi connectivity index (χ0v) is 15.6. The molecule has 8 heteroatoms. The van der Waals surface area contributed by atoms with Crippen LogP contribution in [0.15, 0.2) is 5.38 Å². The molecule has 0 spiro atoms. The first-order valence-electron chi connectivity index (χ1n) is 9.01. The van der Waals surface area contributed by atoms with Crippen molar-refractivity contribution in [2.45, 2.75) is 32.7 Å². The zero-order chi connectivity index (χ0) is 17.6. The van der Waals surface area contributed by atoms with E-state index in [1.165, 1.54) is 12.8 Å². The average Bonchev–Trinajstić information content (AvgIpc) is 3.28. The van der Waals surface area contributed by atoms with Crippen molar-refractivity contribution in [3.63, 3.8) is 0 Å². The van der Waals surface area contributed by atoms with Crippen molar-refractivity contribution in [3.05, 3.63) is 16.1 Å². The lowest BCUT2D eigenvalue weighted by molar-refractivity contribution is -0.132. The first kappa shape index (κ1) is 18.1. The third kappa shape index (κ3) is 4.92. The van der Waals surface area contributed by atoms with Crippen molar-refractivity contribution in [1.29, 1.82) is 0 Å². The number of carbonyl (C=O) groups excluding carboxylic acids is 2. The largest absolute Gasteiger partial charge is 0.450 e. The van der Waals surface area contributed by atoms with Crippen LogP contribution in [0.3, 0.4) is 0 Å². The van der Waals surface area contributed by atoms with E-state index in [2.05, 4.69) is 9.88 Å². The summed E-state index contributed by atoms with van der Waals surface area (Å²) in [6.07, 6.45) is 2.60. The van der Waals surface area contributed by atoms with Crippen molar-refractivity contribution in [3.8, 4) is 0 Å². The minimum absolute atomic E-state index is 0.0848. The Morgan fingerprint density at radius 2 is 1.80 bits per heavy atom. The third-order valence-electron chi connectivity index (χ3n) is 4.65. The Bertz CT molecular complexity index is 592. The van der Waals surface area contributed by atoms with Crippen LogP contribution in [0, 0.1) is 0 Å². The van der Waals surface area contributed by atoms with Crippen molar-refractivity contribution in [1.82, 2.24) is 19.7 Å². The van der Waals surface area contributed by atoms with E-state index in [4.69, 9.17) is 4.74 Å². The molecule has 3 heterocycles. The fourth-order valence-electron chi connectivity index (χ4n) is 3.25. The molecule has 1 aromatic heterocycles. The van der Waals surface area contributed by atoms with E-state index in [0.717, 1.165) is 30.3 Å². The van der Waals surface area contributed by atoms with Gasteiger partial charge in [0.25, 0.3) is 0 Å². The summed E-state index contributed by atoms with van der Waals surface area (Å²) in [6.45, 7) is 7.55. The highest BCUT2D eigenvalue weighted by atomic mass is 32.1. The van der Waals surface area contributed by atoms with Gasteiger partial charge < -0.3 is 14.5 Å². The zero-order valence-electron chi connectivity index (χ0n) is 14.8. The van der Waals surface area contributed by atoms with E-state index in [9.17, 15) is 9.59 Å². The van der Waals surface area contributed by atoms with Crippen LogP contribution in [0.25, 0.3) is 0 Å². The molecule has 0 saturated carbocycles. The molecular weight excluding hydrogens is 340 g/mol. The van der Waals surface area contributed by atoms with Gasteiger partial charge in [-0.3, -0.25) is 9.69 Å². The second-order valence-electron chi connectivity index (χ2n) is 6.46. The molecule has 3 rings (SSSR count). The fourth-order valence-corrected chi connectivity index (χ4v) is 4.09. The lowest BCUT2D eigenvalue weighted by Gasteiger charge is -2.34. The number of rotatable bonds is 5. The summed E-state index contributed by atoms with van der Waals surface area (Å²) in [5.74, 6) is 0.0848. The number of likely N-dealkylation sites (tertiary alicyclic amines) is 1. The van der Waals surface area contributed by atoms with Gasteiger partial charge in [-0.1, -0.05) is 0 Å². The van der Waals surface area contributed by atoms with Crippen LogP contribution >= 0.6 is 11.3 Å². The molecular formula is C17H26N4O3S. The van der Waals surface area contributed by atoms with Crippen LogP contribution in [-0.2, 0) is 22.5 Å². The van der Waals surface area contributed by atoms with Crippen LogP contribution in [0.1, 0.15) is 30.5 Å². The molecule has 2 fully saturated rings. The number of ether oxygens (including phenoxy) is 1. The van der Waals surface area contributed by atoms with E-state index in [0.29, 0.717) is 39.2 Å². The maximum Gasteiger partial charge on any atom is 0.409 e. The summed E-state index contributed by atoms with van der Waals surface area (Å²) in [7, 11) is 0. The van der Waals surface area contributed by atoms with Crippen molar-refractivity contribution in [2.75, 3.05) is 45.9 Å². The van der Waals surface area contributed by atoms with Crippen LogP contribution in [0.4, 0.5) is 4.79 Å². The number of hydrogen-bond donors (Lipinski definition) is 0. The molecule has 25 heavy (non-hydrogen) atoms. The van der Waals surface area contributed by atoms with Gasteiger partial charge in [-0.05, 0) is 32.9 Å². The summed E-state index contributed by atoms with van der Waals surface area (Å²) in [6, 6.07) is 0. The Hall–Kier alpha value is -1.67. The predicted molar refractivity (Wildman–Crippen MR) is 95.5 cm³/mol. The van der Waals surface area contributed by atoms with Crippen LogP contribution in [0.5, 0.6) is 0 Å². The molecule has 2 amide bonds. The molecule has 0 aliphatic carbocycles. The maximum absolute atomic E-state index is 12.5. The van der Waals surface area contributed by atoms with E-state index < -0.39 is 0 Å². The number of hydrogen-bond acceptors (Lipinski definition) is 6. The minimum atomic E-state index is -0.291. The third-order valence-corrected chi connectivity index (χ3v) is 5.53. The number of carbonyl (C=O) groups is 2. The van der Waals surface area contributed by atoms with Gasteiger partial charge in [0.05, 0.1) is 25.3 Å².